The van der Waals surface area contributed by atoms with Gasteiger partial charge in [0.15, 0.2) is 0 Å². The highest BCUT2D eigenvalue weighted by Crippen LogP contribution is 2.13. The molecule has 5 N–H and O–H groups in total. The molecule has 0 amide bonds. The smallest absolute Gasteiger partial charge is 0.335 e. The van der Waals surface area contributed by atoms with Crippen molar-refractivity contribution in [1.82, 2.24) is 0 Å². The second-order valence-electron chi connectivity index (χ2n) is 3.08. The Morgan fingerprint density at radius 1 is 1.44 bits per heavy atom. The number of aromatic carboxylic acids is 1. The molecule has 1 unspecified atom stereocenters. The Labute approximate surface area is 101 Å². The Morgan fingerprint density at radius 3 is 2.44 bits per heavy atom. The van der Waals surface area contributed by atoms with Gasteiger partial charge < -0.3 is 16.6 Å². The summed E-state index contributed by atoms with van der Waals surface area (Å²) in [6.07, 6.45) is -0.541. The second-order valence-corrected chi connectivity index (χ2v) is 4.00. The molecule has 0 fully saturated rings. The molecule has 0 aliphatic carbocycles. The molecular formula is C10H12BrN3O2. The zero-order valence-corrected chi connectivity index (χ0v) is 10.0. The molecule has 1 atom stereocenters. The number of carboxylic acids is 1. The van der Waals surface area contributed by atoms with E-state index in [1.54, 1.807) is 12.1 Å². The molecule has 0 heterocycles. The highest BCUT2D eigenvalue weighted by Gasteiger charge is 2.06. The van der Waals surface area contributed by atoms with E-state index < -0.39 is 12.1 Å². The highest BCUT2D eigenvalue weighted by molar-refractivity contribution is 9.18. The van der Waals surface area contributed by atoms with Crippen LogP contribution < -0.4 is 11.5 Å². The lowest BCUT2D eigenvalue weighted by atomic mass is 10.1. The van der Waals surface area contributed by atoms with Gasteiger partial charge >= 0.3 is 5.97 Å². The van der Waals surface area contributed by atoms with Crippen molar-refractivity contribution in [3.8, 4) is 0 Å². The molecule has 0 saturated heterocycles. The summed E-state index contributed by atoms with van der Waals surface area (Å²) in [5, 5.41) is 8.71. The maximum absolute atomic E-state index is 10.6. The molecule has 0 saturated carbocycles. The molecule has 5 nitrogen and oxygen atoms in total. The van der Waals surface area contributed by atoms with Crippen LogP contribution in [0.25, 0.3) is 0 Å². The van der Waals surface area contributed by atoms with Crippen LogP contribution >= 0.6 is 15.9 Å². The van der Waals surface area contributed by atoms with Gasteiger partial charge in [-0.2, -0.15) is 0 Å². The van der Waals surface area contributed by atoms with Gasteiger partial charge in [0.05, 0.1) is 10.2 Å². The van der Waals surface area contributed by atoms with Crippen LogP contribution in [-0.4, -0.2) is 22.2 Å². The Morgan fingerprint density at radius 2 is 2.00 bits per heavy atom. The normalized spacial score (nSPS) is 13.6. The van der Waals surface area contributed by atoms with Gasteiger partial charge in [0.2, 0.25) is 0 Å². The lowest BCUT2D eigenvalue weighted by Crippen LogP contribution is -2.13. The summed E-state index contributed by atoms with van der Waals surface area (Å²) in [6.45, 7) is 0.279. The van der Waals surface area contributed by atoms with Crippen molar-refractivity contribution < 1.29 is 9.90 Å². The van der Waals surface area contributed by atoms with Crippen molar-refractivity contribution in [2.24, 2.45) is 16.5 Å². The summed E-state index contributed by atoms with van der Waals surface area (Å²) in [6, 6.07) is 6.25. The van der Waals surface area contributed by atoms with Crippen LogP contribution in [0.15, 0.2) is 29.3 Å². The van der Waals surface area contributed by atoms with Gasteiger partial charge in [0.25, 0.3) is 0 Å². The van der Waals surface area contributed by atoms with Gasteiger partial charge in [-0.25, -0.2) is 4.79 Å². The summed E-state index contributed by atoms with van der Waals surface area (Å²) >= 11 is 3.16. The summed E-state index contributed by atoms with van der Waals surface area (Å²) in [5.41, 5.74) is 12.1. The largest absolute Gasteiger partial charge is 0.478 e. The van der Waals surface area contributed by atoms with E-state index >= 15 is 0 Å². The molecule has 86 valence electrons. The minimum absolute atomic E-state index is 0.220. The molecule has 0 radical (unpaired) electrons. The number of hydrogen-bond donors (Lipinski definition) is 3. The Hall–Kier alpha value is -1.24. The first kappa shape index (κ1) is 12.8. The number of carboxylic acid groups (broad SMARTS) is 1. The third-order valence-corrected chi connectivity index (χ3v) is 2.48. The number of benzene rings is 1. The average molecular weight is 286 g/mol. The van der Waals surface area contributed by atoms with Crippen LogP contribution in [0.3, 0.4) is 0 Å². The number of nitrogens with zero attached hydrogens (tertiary/aromatic N) is 1. The predicted molar refractivity (Wildman–Crippen MR) is 65.7 cm³/mol. The van der Waals surface area contributed by atoms with Crippen molar-refractivity contribution >= 4 is 26.5 Å². The maximum Gasteiger partial charge on any atom is 0.335 e. The van der Waals surface area contributed by atoms with Crippen molar-refractivity contribution in [2.45, 2.75) is 6.17 Å². The SMILES string of the molecule is NCC(Br)=NC(N)c1ccc(C(=O)O)cc1. The van der Waals surface area contributed by atoms with Crippen LogP contribution in [-0.2, 0) is 0 Å². The van der Waals surface area contributed by atoms with E-state index in [1.165, 1.54) is 12.1 Å². The van der Waals surface area contributed by atoms with Crippen molar-refractivity contribution in [3.63, 3.8) is 0 Å². The number of aliphatic imine (C=N–C) groups is 1. The predicted octanol–water partition coefficient (Wildman–Crippen LogP) is 1.09. The zero-order chi connectivity index (χ0) is 12.1. The highest BCUT2D eigenvalue weighted by atomic mass is 79.9. The van der Waals surface area contributed by atoms with E-state index in [9.17, 15) is 4.79 Å². The third kappa shape index (κ3) is 3.41. The fraction of sp³-hybridized carbons (Fsp3) is 0.200. The van der Waals surface area contributed by atoms with E-state index in [0.29, 0.717) is 4.62 Å². The van der Waals surface area contributed by atoms with Crippen LogP contribution in [0.2, 0.25) is 0 Å². The number of rotatable bonds is 4. The van der Waals surface area contributed by atoms with E-state index in [1.807, 2.05) is 0 Å². The summed E-state index contributed by atoms with van der Waals surface area (Å²) in [7, 11) is 0. The quantitative estimate of drug-likeness (QED) is 0.721. The van der Waals surface area contributed by atoms with Gasteiger partial charge in [-0.3, -0.25) is 4.99 Å². The lowest BCUT2D eigenvalue weighted by molar-refractivity contribution is 0.0697. The first-order valence-corrected chi connectivity index (χ1v) is 5.35. The molecule has 6 heteroatoms. The number of halogens is 1. The Balaban J connectivity index is 2.85. The lowest BCUT2D eigenvalue weighted by Gasteiger charge is -2.07. The fourth-order valence-corrected chi connectivity index (χ4v) is 1.32. The van der Waals surface area contributed by atoms with Gasteiger partial charge in [-0.05, 0) is 33.6 Å². The van der Waals surface area contributed by atoms with Crippen LogP contribution in [0.4, 0.5) is 0 Å². The summed E-state index contributed by atoms with van der Waals surface area (Å²) < 4.78 is 0.572. The minimum Gasteiger partial charge on any atom is -0.478 e. The number of hydrogen-bond acceptors (Lipinski definition) is 4. The molecule has 1 aromatic rings. The topological polar surface area (TPSA) is 102 Å². The molecule has 16 heavy (non-hydrogen) atoms. The molecule has 1 aromatic carbocycles. The monoisotopic (exact) mass is 285 g/mol. The van der Waals surface area contributed by atoms with Crippen LogP contribution in [0.1, 0.15) is 22.1 Å². The van der Waals surface area contributed by atoms with E-state index in [0.717, 1.165) is 5.56 Å². The van der Waals surface area contributed by atoms with Crippen LogP contribution in [0, 0.1) is 0 Å². The third-order valence-electron chi connectivity index (χ3n) is 1.95. The molecule has 0 spiro atoms. The van der Waals surface area contributed by atoms with Crippen molar-refractivity contribution in [2.75, 3.05) is 6.54 Å². The fourth-order valence-electron chi connectivity index (χ4n) is 1.10. The first-order valence-electron chi connectivity index (χ1n) is 4.55. The van der Waals surface area contributed by atoms with E-state index in [2.05, 4.69) is 20.9 Å². The van der Waals surface area contributed by atoms with Gasteiger partial charge in [-0.1, -0.05) is 12.1 Å². The van der Waals surface area contributed by atoms with E-state index in [4.69, 9.17) is 16.6 Å². The summed E-state index contributed by atoms with van der Waals surface area (Å²) in [5.74, 6) is -0.966. The van der Waals surface area contributed by atoms with Crippen molar-refractivity contribution in [1.29, 1.82) is 0 Å². The molecule has 1 rings (SSSR count). The summed E-state index contributed by atoms with van der Waals surface area (Å²) in [4.78, 5) is 14.7. The molecule has 0 aliphatic rings. The van der Waals surface area contributed by atoms with Gasteiger partial charge in [0.1, 0.15) is 6.17 Å². The molecular weight excluding hydrogens is 274 g/mol. The first-order chi connectivity index (χ1) is 7.54. The van der Waals surface area contributed by atoms with E-state index in [-0.39, 0.29) is 12.1 Å². The molecule has 0 aliphatic heterocycles. The molecule has 0 aromatic heterocycles. The van der Waals surface area contributed by atoms with Gasteiger partial charge in [-0.15, -0.1) is 0 Å². The minimum atomic E-state index is -0.966. The van der Waals surface area contributed by atoms with Crippen molar-refractivity contribution in [3.05, 3.63) is 35.4 Å². The molecule has 0 bridgehead atoms. The average Bonchev–Trinajstić information content (AvgIpc) is 2.28. The maximum atomic E-state index is 10.6. The zero-order valence-electron chi connectivity index (χ0n) is 8.43. The Kier molecular flexibility index (Phi) is 4.60. The second kappa shape index (κ2) is 5.74. The number of nitrogens with two attached hydrogens (primary N) is 2. The standard InChI is InChI=1S/C10H12BrN3O2/c11-8(5-12)14-9(13)6-1-3-7(4-2-6)10(15)16/h1-4,9H,5,12-13H2,(H,15,16). The van der Waals surface area contributed by atoms with Gasteiger partial charge in [0, 0.05) is 6.54 Å². The number of carbonyl (C=O) groups is 1. The van der Waals surface area contributed by atoms with Crippen LogP contribution in [0.5, 0.6) is 0 Å². The Bertz CT molecular complexity index is 403.